The summed E-state index contributed by atoms with van der Waals surface area (Å²) in [4.78, 5) is 12.7. The highest BCUT2D eigenvalue weighted by Crippen LogP contribution is 2.31. The van der Waals surface area contributed by atoms with Crippen molar-refractivity contribution in [3.05, 3.63) is 53.1 Å². The van der Waals surface area contributed by atoms with Gasteiger partial charge in [-0.15, -0.1) is 0 Å². The average Bonchev–Trinajstić information content (AvgIpc) is 2.66. The Kier molecular flexibility index (Phi) is 7.75. The Morgan fingerprint density at radius 2 is 1.86 bits per heavy atom. The summed E-state index contributed by atoms with van der Waals surface area (Å²) in [6.45, 7) is 4.26. The Hall–Kier alpha value is -2.45. The maximum absolute atomic E-state index is 12.7. The summed E-state index contributed by atoms with van der Waals surface area (Å²) >= 11 is 6.13. The Balaban J connectivity index is 2.15. The average molecular weight is 441 g/mol. The highest BCUT2D eigenvalue weighted by atomic mass is 35.5. The van der Waals surface area contributed by atoms with Gasteiger partial charge in [0.2, 0.25) is 15.9 Å². The van der Waals surface area contributed by atoms with Crippen LogP contribution in [-0.2, 0) is 21.4 Å². The van der Waals surface area contributed by atoms with Crippen LogP contribution in [0.4, 0.5) is 5.69 Å². The number of hydrogen-bond donors (Lipinski definition) is 1. The fraction of sp³-hybridized carbons (Fsp3) is 0.350. The Morgan fingerprint density at radius 1 is 1.21 bits per heavy atom. The molecule has 158 valence electrons. The van der Waals surface area contributed by atoms with Gasteiger partial charge in [-0.05, 0) is 49.7 Å². The van der Waals surface area contributed by atoms with Crippen molar-refractivity contribution < 1.29 is 22.7 Å². The van der Waals surface area contributed by atoms with Crippen molar-refractivity contribution in [2.75, 3.05) is 24.3 Å². The first-order valence-electron chi connectivity index (χ1n) is 8.99. The molecule has 1 amide bonds. The lowest BCUT2D eigenvalue weighted by Gasteiger charge is -2.28. The van der Waals surface area contributed by atoms with Crippen LogP contribution in [0.15, 0.2) is 42.5 Å². The van der Waals surface area contributed by atoms with E-state index < -0.39 is 22.0 Å². The van der Waals surface area contributed by atoms with Gasteiger partial charge in [-0.3, -0.25) is 9.10 Å². The van der Waals surface area contributed by atoms with Crippen molar-refractivity contribution in [3.8, 4) is 11.5 Å². The number of anilines is 1. The van der Waals surface area contributed by atoms with E-state index in [-0.39, 0.29) is 17.3 Å². The molecule has 9 heteroatoms. The van der Waals surface area contributed by atoms with E-state index in [2.05, 4.69) is 5.32 Å². The van der Waals surface area contributed by atoms with Crippen molar-refractivity contribution in [1.82, 2.24) is 5.32 Å². The summed E-state index contributed by atoms with van der Waals surface area (Å²) in [6.07, 6.45) is 1.04. The molecule has 0 spiro atoms. The molecule has 0 bridgehead atoms. The minimum absolute atomic E-state index is 0.251. The normalized spacial score (nSPS) is 12.2. The Labute approximate surface area is 176 Å². The van der Waals surface area contributed by atoms with Crippen LogP contribution in [0.1, 0.15) is 19.4 Å². The molecule has 0 aliphatic heterocycles. The number of benzene rings is 2. The third-order valence-corrected chi connectivity index (χ3v) is 5.72. The van der Waals surface area contributed by atoms with E-state index in [1.165, 1.54) is 20.1 Å². The lowest BCUT2D eigenvalue weighted by Crippen LogP contribution is -2.47. The molecule has 0 aliphatic rings. The molecule has 0 aromatic heterocycles. The number of carbonyl (C=O) groups is 1. The van der Waals surface area contributed by atoms with Gasteiger partial charge in [0.25, 0.3) is 0 Å². The van der Waals surface area contributed by atoms with Crippen LogP contribution in [-0.4, -0.2) is 40.3 Å². The van der Waals surface area contributed by atoms with Gasteiger partial charge in [-0.1, -0.05) is 23.7 Å². The second kappa shape index (κ2) is 9.84. The minimum Gasteiger partial charge on any atom is -0.495 e. The summed E-state index contributed by atoms with van der Waals surface area (Å²) < 4.78 is 36.3. The van der Waals surface area contributed by atoms with Gasteiger partial charge >= 0.3 is 0 Å². The molecular formula is C20H25ClN2O5S. The SMILES string of the molecule is CCOc1ccc(CNC(=O)C(C)N(c2ccc(OC)c(Cl)c2)S(C)(=O)=O)cc1. The molecule has 1 atom stereocenters. The highest BCUT2D eigenvalue weighted by Gasteiger charge is 2.29. The number of halogens is 1. The van der Waals surface area contributed by atoms with Gasteiger partial charge in [-0.25, -0.2) is 8.42 Å². The molecule has 1 N–H and O–H groups in total. The first kappa shape index (κ1) is 22.8. The number of hydrogen-bond acceptors (Lipinski definition) is 5. The topological polar surface area (TPSA) is 84.9 Å². The van der Waals surface area contributed by atoms with Crippen molar-refractivity contribution >= 4 is 33.2 Å². The maximum atomic E-state index is 12.7. The lowest BCUT2D eigenvalue weighted by molar-refractivity contribution is -0.122. The third-order valence-electron chi connectivity index (χ3n) is 4.18. The molecule has 0 heterocycles. The van der Waals surface area contributed by atoms with E-state index in [1.807, 2.05) is 31.2 Å². The zero-order valence-electron chi connectivity index (χ0n) is 16.8. The molecule has 1 unspecified atom stereocenters. The number of ether oxygens (including phenoxy) is 2. The largest absolute Gasteiger partial charge is 0.495 e. The van der Waals surface area contributed by atoms with E-state index in [0.29, 0.717) is 12.4 Å². The van der Waals surface area contributed by atoms with E-state index >= 15 is 0 Å². The number of nitrogens with zero attached hydrogens (tertiary/aromatic N) is 1. The molecule has 2 aromatic rings. The Morgan fingerprint density at radius 3 is 2.38 bits per heavy atom. The van der Waals surface area contributed by atoms with E-state index in [9.17, 15) is 13.2 Å². The minimum atomic E-state index is -3.74. The number of methoxy groups -OCH3 is 1. The quantitative estimate of drug-likeness (QED) is 0.647. The standard InChI is InChI=1S/C20H25ClN2O5S/c1-5-28-17-9-6-15(7-10-17)13-22-20(24)14(2)23(29(4,25)26)16-8-11-19(27-3)18(21)12-16/h6-12,14H,5,13H2,1-4H3,(H,22,24). The number of carbonyl (C=O) groups excluding carboxylic acids is 1. The summed E-state index contributed by atoms with van der Waals surface area (Å²) in [5.41, 5.74) is 1.15. The van der Waals surface area contributed by atoms with Crippen molar-refractivity contribution in [2.24, 2.45) is 0 Å². The van der Waals surface area contributed by atoms with E-state index in [0.717, 1.165) is 21.9 Å². The molecule has 2 aromatic carbocycles. The number of sulfonamides is 1. The van der Waals surface area contributed by atoms with Crippen LogP contribution in [0, 0.1) is 0 Å². The van der Waals surface area contributed by atoms with Crippen molar-refractivity contribution in [3.63, 3.8) is 0 Å². The summed E-state index contributed by atoms with van der Waals surface area (Å²) in [7, 11) is -2.27. The molecule has 0 aliphatic carbocycles. The fourth-order valence-corrected chi connectivity index (χ4v) is 4.23. The van der Waals surface area contributed by atoms with Gasteiger partial charge in [0, 0.05) is 6.54 Å². The smallest absolute Gasteiger partial charge is 0.243 e. The van der Waals surface area contributed by atoms with Crippen LogP contribution in [0.3, 0.4) is 0 Å². The van der Waals surface area contributed by atoms with Crippen LogP contribution < -0.4 is 19.1 Å². The second-order valence-electron chi connectivity index (χ2n) is 6.35. The molecule has 7 nitrogen and oxygen atoms in total. The first-order chi connectivity index (χ1) is 13.7. The molecular weight excluding hydrogens is 416 g/mol. The third kappa shape index (κ3) is 6.01. The van der Waals surface area contributed by atoms with Crippen LogP contribution in [0.5, 0.6) is 11.5 Å². The van der Waals surface area contributed by atoms with Crippen molar-refractivity contribution in [1.29, 1.82) is 0 Å². The Bertz CT molecular complexity index is 948. The first-order valence-corrected chi connectivity index (χ1v) is 11.2. The van der Waals surface area contributed by atoms with Gasteiger partial charge in [-0.2, -0.15) is 0 Å². The molecule has 0 saturated heterocycles. The van der Waals surface area contributed by atoms with Gasteiger partial charge < -0.3 is 14.8 Å². The predicted octanol–water partition coefficient (Wildman–Crippen LogP) is 3.22. The fourth-order valence-electron chi connectivity index (χ4n) is 2.81. The summed E-state index contributed by atoms with van der Waals surface area (Å²) in [5.74, 6) is 0.725. The predicted molar refractivity (Wildman–Crippen MR) is 114 cm³/mol. The molecule has 0 saturated carbocycles. The van der Waals surface area contributed by atoms with Crippen LogP contribution in [0.2, 0.25) is 5.02 Å². The summed E-state index contributed by atoms with van der Waals surface area (Å²) in [5, 5.41) is 3.02. The van der Waals surface area contributed by atoms with Gasteiger partial charge in [0.05, 0.1) is 30.7 Å². The number of amides is 1. The molecule has 29 heavy (non-hydrogen) atoms. The zero-order chi connectivity index (χ0) is 21.6. The van der Waals surface area contributed by atoms with Crippen LogP contribution in [0.25, 0.3) is 0 Å². The molecule has 0 fully saturated rings. The van der Waals surface area contributed by atoms with E-state index in [4.69, 9.17) is 21.1 Å². The lowest BCUT2D eigenvalue weighted by atomic mass is 10.2. The maximum Gasteiger partial charge on any atom is 0.243 e. The number of nitrogens with one attached hydrogen (secondary N) is 1. The van der Waals surface area contributed by atoms with E-state index in [1.54, 1.807) is 12.1 Å². The number of rotatable bonds is 9. The molecule has 2 rings (SSSR count). The van der Waals surface area contributed by atoms with Gasteiger partial charge in [0.1, 0.15) is 17.5 Å². The van der Waals surface area contributed by atoms with Gasteiger partial charge in [0.15, 0.2) is 0 Å². The zero-order valence-corrected chi connectivity index (χ0v) is 18.4. The monoisotopic (exact) mass is 440 g/mol. The second-order valence-corrected chi connectivity index (χ2v) is 8.62. The van der Waals surface area contributed by atoms with Crippen LogP contribution >= 0.6 is 11.6 Å². The molecule has 0 radical (unpaired) electrons. The van der Waals surface area contributed by atoms with Crippen molar-refractivity contribution in [2.45, 2.75) is 26.4 Å². The highest BCUT2D eigenvalue weighted by molar-refractivity contribution is 7.92. The summed E-state index contributed by atoms with van der Waals surface area (Å²) in [6, 6.07) is 10.9.